The maximum absolute atomic E-state index is 2.35. The predicted molar refractivity (Wildman–Crippen MR) is 104 cm³/mol. The molecule has 0 aromatic rings. The summed E-state index contributed by atoms with van der Waals surface area (Å²) in [6, 6.07) is 0. The fourth-order valence-electron chi connectivity index (χ4n) is 3.50. The molecule has 0 rings (SSSR count). The van der Waals surface area contributed by atoms with Crippen LogP contribution < -0.4 is 0 Å². The minimum Gasteiger partial charge on any atom is -0.0654 e. The van der Waals surface area contributed by atoms with Gasteiger partial charge < -0.3 is 0 Å². The molecular weight excluding hydrogens is 264 g/mol. The third-order valence-electron chi connectivity index (χ3n) is 5.37. The van der Waals surface area contributed by atoms with Gasteiger partial charge in [-0.05, 0) is 5.92 Å². The summed E-state index contributed by atoms with van der Waals surface area (Å²) in [5.74, 6) is 1.00. The van der Waals surface area contributed by atoms with Crippen LogP contribution in [0.1, 0.15) is 136 Å². The van der Waals surface area contributed by atoms with E-state index in [4.69, 9.17) is 0 Å². The van der Waals surface area contributed by atoms with Crippen LogP contribution in [0.5, 0.6) is 0 Å². The molecule has 0 heterocycles. The quantitative estimate of drug-likeness (QED) is 0.222. The Morgan fingerprint density at radius 2 is 0.727 bits per heavy atom. The van der Waals surface area contributed by atoms with Crippen LogP contribution in [0.25, 0.3) is 0 Å². The summed E-state index contributed by atoms with van der Waals surface area (Å²) in [6.07, 6.45) is 26.3. The summed E-state index contributed by atoms with van der Waals surface area (Å²) in [5.41, 5.74) is 0. The molecule has 0 aromatic heterocycles. The van der Waals surface area contributed by atoms with Gasteiger partial charge in [-0.2, -0.15) is 0 Å². The molecule has 0 saturated heterocycles. The van der Waals surface area contributed by atoms with Crippen LogP contribution in [0.2, 0.25) is 0 Å². The van der Waals surface area contributed by atoms with E-state index in [0.717, 1.165) is 5.92 Å². The number of hydrogen-bond donors (Lipinski definition) is 0. The fraction of sp³-hybridized carbons (Fsp3) is 1.00. The van der Waals surface area contributed by atoms with Gasteiger partial charge in [-0.25, -0.2) is 0 Å². The molecule has 22 heavy (non-hydrogen) atoms. The van der Waals surface area contributed by atoms with Crippen LogP contribution in [-0.4, -0.2) is 0 Å². The summed E-state index contributed by atoms with van der Waals surface area (Å²) in [6.45, 7) is 6.99. The molecule has 0 bridgehead atoms. The normalized spacial score (nSPS) is 11.5. The summed E-state index contributed by atoms with van der Waals surface area (Å²) < 4.78 is 0. The van der Waals surface area contributed by atoms with E-state index < -0.39 is 0 Å². The van der Waals surface area contributed by atoms with Gasteiger partial charge in [0.05, 0.1) is 0 Å². The van der Waals surface area contributed by atoms with Crippen molar-refractivity contribution in [3.8, 4) is 0 Å². The predicted octanol–water partition coefficient (Wildman–Crippen LogP) is 8.68. The SMILES string of the molecule is CCCCCCCCCCCCCCCCCC(CC)CC. The van der Waals surface area contributed by atoms with E-state index in [1.54, 1.807) is 0 Å². The van der Waals surface area contributed by atoms with Gasteiger partial charge in [-0.3, -0.25) is 0 Å². The Morgan fingerprint density at radius 3 is 1.05 bits per heavy atom. The highest BCUT2D eigenvalue weighted by Gasteiger charge is 2.02. The average Bonchev–Trinajstić information content (AvgIpc) is 2.55. The van der Waals surface area contributed by atoms with Crippen LogP contribution in [0.3, 0.4) is 0 Å². The summed E-state index contributed by atoms with van der Waals surface area (Å²) in [7, 11) is 0. The molecule has 0 aliphatic rings. The van der Waals surface area contributed by atoms with Gasteiger partial charge in [0.1, 0.15) is 0 Å². The van der Waals surface area contributed by atoms with E-state index in [9.17, 15) is 0 Å². The third kappa shape index (κ3) is 16.4. The Hall–Kier alpha value is 0. The minimum absolute atomic E-state index is 1.00. The first-order chi connectivity index (χ1) is 10.8. The van der Waals surface area contributed by atoms with Gasteiger partial charge in [0, 0.05) is 0 Å². The van der Waals surface area contributed by atoms with Crippen molar-refractivity contribution in [3.63, 3.8) is 0 Å². The topological polar surface area (TPSA) is 0 Å². The van der Waals surface area contributed by atoms with Gasteiger partial charge in [0.25, 0.3) is 0 Å². The lowest BCUT2D eigenvalue weighted by Crippen LogP contribution is -1.96. The maximum atomic E-state index is 2.35. The molecule has 0 aliphatic heterocycles. The monoisotopic (exact) mass is 310 g/mol. The first-order valence-electron chi connectivity index (χ1n) is 10.8. The van der Waals surface area contributed by atoms with E-state index in [2.05, 4.69) is 20.8 Å². The molecule has 0 amide bonds. The first-order valence-corrected chi connectivity index (χ1v) is 10.8. The van der Waals surface area contributed by atoms with Crippen LogP contribution in [-0.2, 0) is 0 Å². The molecule has 0 aliphatic carbocycles. The minimum atomic E-state index is 1.00. The van der Waals surface area contributed by atoms with Gasteiger partial charge >= 0.3 is 0 Å². The van der Waals surface area contributed by atoms with E-state index >= 15 is 0 Å². The molecule has 0 aromatic carbocycles. The summed E-state index contributed by atoms with van der Waals surface area (Å²) in [4.78, 5) is 0. The second kappa shape index (κ2) is 19.0. The Bertz CT molecular complexity index is 180. The van der Waals surface area contributed by atoms with Crippen LogP contribution >= 0.6 is 0 Å². The first kappa shape index (κ1) is 22.0. The van der Waals surface area contributed by atoms with E-state index in [1.807, 2.05) is 0 Å². The van der Waals surface area contributed by atoms with Crippen molar-refractivity contribution in [2.45, 2.75) is 136 Å². The zero-order valence-corrected chi connectivity index (χ0v) is 16.3. The third-order valence-corrected chi connectivity index (χ3v) is 5.37. The molecule has 134 valence electrons. The molecule has 0 heteroatoms. The Morgan fingerprint density at radius 1 is 0.409 bits per heavy atom. The van der Waals surface area contributed by atoms with Crippen molar-refractivity contribution in [3.05, 3.63) is 0 Å². The number of rotatable bonds is 18. The molecule has 0 radical (unpaired) electrons. The average molecular weight is 311 g/mol. The highest BCUT2D eigenvalue weighted by atomic mass is 14.1. The smallest absolute Gasteiger partial charge is 0.0420 e. The van der Waals surface area contributed by atoms with Crippen molar-refractivity contribution >= 4 is 0 Å². The Labute approximate surface area is 142 Å². The number of hydrogen-bond acceptors (Lipinski definition) is 0. The van der Waals surface area contributed by atoms with Crippen LogP contribution in [0.4, 0.5) is 0 Å². The molecular formula is C22H46. The van der Waals surface area contributed by atoms with Gasteiger partial charge in [0.15, 0.2) is 0 Å². The van der Waals surface area contributed by atoms with Gasteiger partial charge in [-0.15, -0.1) is 0 Å². The summed E-state index contributed by atoms with van der Waals surface area (Å²) in [5, 5.41) is 0. The molecule has 0 fully saturated rings. The molecule has 0 atom stereocenters. The molecule has 0 saturated carbocycles. The van der Waals surface area contributed by atoms with Gasteiger partial charge in [0.2, 0.25) is 0 Å². The standard InChI is InChI=1S/C22H46/c1-4-7-8-9-10-11-12-13-14-15-16-17-18-19-20-21-22(5-2)6-3/h22H,4-21H2,1-3H3. The van der Waals surface area contributed by atoms with Crippen molar-refractivity contribution < 1.29 is 0 Å². The van der Waals surface area contributed by atoms with Crippen LogP contribution in [0.15, 0.2) is 0 Å². The van der Waals surface area contributed by atoms with Crippen molar-refractivity contribution in [2.75, 3.05) is 0 Å². The van der Waals surface area contributed by atoms with E-state index in [-0.39, 0.29) is 0 Å². The fourth-order valence-corrected chi connectivity index (χ4v) is 3.50. The molecule has 0 N–H and O–H groups in total. The van der Waals surface area contributed by atoms with Crippen molar-refractivity contribution in [1.29, 1.82) is 0 Å². The van der Waals surface area contributed by atoms with E-state index in [1.165, 1.54) is 116 Å². The molecule has 0 nitrogen and oxygen atoms in total. The van der Waals surface area contributed by atoms with E-state index in [0.29, 0.717) is 0 Å². The lowest BCUT2D eigenvalue weighted by molar-refractivity contribution is 0.426. The number of unbranched alkanes of at least 4 members (excludes halogenated alkanes) is 14. The maximum Gasteiger partial charge on any atom is -0.0420 e. The highest BCUT2D eigenvalue weighted by molar-refractivity contribution is 4.55. The van der Waals surface area contributed by atoms with Crippen LogP contribution in [0, 0.1) is 5.92 Å². The largest absolute Gasteiger partial charge is 0.0654 e. The second-order valence-corrected chi connectivity index (χ2v) is 7.42. The Balaban J connectivity index is 3.02. The summed E-state index contributed by atoms with van der Waals surface area (Å²) >= 11 is 0. The highest BCUT2D eigenvalue weighted by Crippen LogP contribution is 2.18. The van der Waals surface area contributed by atoms with Crippen molar-refractivity contribution in [1.82, 2.24) is 0 Å². The van der Waals surface area contributed by atoms with Gasteiger partial charge in [-0.1, -0.05) is 136 Å². The lowest BCUT2D eigenvalue weighted by atomic mass is 9.95. The van der Waals surface area contributed by atoms with Crippen molar-refractivity contribution in [2.24, 2.45) is 5.92 Å². The second-order valence-electron chi connectivity index (χ2n) is 7.42. The zero-order valence-electron chi connectivity index (χ0n) is 16.3. The zero-order chi connectivity index (χ0) is 16.3. The molecule has 0 unspecified atom stereocenters. The lowest BCUT2D eigenvalue weighted by Gasteiger charge is -2.11. The Kier molecular flexibility index (Phi) is 19.0. The molecule has 0 spiro atoms.